The Morgan fingerprint density at radius 2 is 2.02 bits per heavy atom. The zero-order valence-corrected chi connectivity index (χ0v) is 27.1. The van der Waals surface area contributed by atoms with Gasteiger partial charge in [0.2, 0.25) is 17.4 Å². The molecule has 2 aromatic heterocycles. The lowest BCUT2D eigenvalue weighted by Gasteiger charge is -2.49. The number of ether oxygens (including phenoxy) is 2. The van der Waals surface area contributed by atoms with E-state index in [-0.39, 0.29) is 29.9 Å². The number of tetrazole rings is 1. The lowest BCUT2D eigenvalue weighted by molar-refractivity contribution is -0.187. The minimum absolute atomic E-state index is 0.0199. The van der Waals surface area contributed by atoms with E-state index in [1.807, 2.05) is 19.0 Å². The lowest BCUT2D eigenvalue weighted by Crippen LogP contribution is -2.70. The molecule has 0 radical (unpaired) electrons. The number of amides is 2. The van der Waals surface area contributed by atoms with Crippen molar-refractivity contribution in [2.45, 2.75) is 68.4 Å². The van der Waals surface area contributed by atoms with E-state index < -0.39 is 29.6 Å². The van der Waals surface area contributed by atoms with Crippen molar-refractivity contribution in [1.29, 1.82) is 0 Å². The molecule has 4 heterocycles. The van der Waals surface area contributed by atoms with Crippen LogP contribution in [-0.2, 0) is 41.6 Å². The summed E-state index contributed by atoms with van der Waals surface area (Å²) in [6.45, 7) is 2.80. The molecular formula is C26H35N9O6S3. The van der Waals surface area contributed by atoms with Gasteiger partial charge in [-0.05, 0) is 42.9 Å². The first-order valence-electron chi connectivity index (χ1n) is 14.2. The van der Waals surface area contributed by atoms with Crippen molar-refractivity contribution in [3.8, 4) is 0 Å². The third-order valence-electron chi connectivity index (χ3n) is 7.35. The Morgan fingerprint density at radius 3 is 2.73 bits per heavy atom. The van der Waals surface area contributed by atoms with Crippen molar-refractivity contribution >= 4 is 63.7 Å². The quantitative estimate of drug-likeness (QED) is 0.133. The van der Waals surface area contributed by atoms with Gasteiger partial charge in [-0.25, -0.2) is 14.5 Å². The number of hydrogen-bond donors (Lipinski definition) is 2. The molecule has 15 nitrogen and oxygen atoms in total. The van der Waals surface area contributed by atoms with Crippen LogP contribution in [0, 0.1) is 5.92 Å². The summed E-state index contributed by atoms with van der Waals surface area (Å²) < 4.78 is 12.7. The molecule has 3 aliphatic rings. The van der Waals surface area contributed by atoms with Gasteiger partial charge in [0.05, 0.1) is 24.6 Å². The van der Waals surface area contributed by atoms with Crippen LogP contribution in [0.25, 0.3) is 0 Å². The van der Waals surface area contributed by atoms with Crippen molar-refractivity contribution in [2.75, 3.05) is 37.9 Å². The van der Waals surface area contributed by atoms with Crippen LogP contribution in [-0.4, -0.2) is 109 Å². The molecule has 1 aliphatic carbocycles. The van der Waals surface area contributed by atoms with E-state index in [0.717, 1.165) is 32.2 Å². The number of thiazole rings is 1. The zero-order valence-electron chi connectivity index (χ0n) is 24.6. The second-order valence-corrected chi connectivity index (χ2v) is 13.9. The summed E-state index contributed by atoms with van der Waals surface area (Å²) in [5.41, 5.74) is 6.91. The molecule has 0 bridgehead atoms. The predicted molar refractivity (Wildman–Crippen MR) is 163 cm³/mol. The van der Waals surface area contributed by atoms with Gasteiger partial charge >= 0.3 is 11.9 Å². The summed E-state index contributed by atoms with van der Waals surface area (Å²) in [6, 6.07) is -0.823. The molecule has 2 aliphatic heterocycles. The fraction of sp³-hybridized carbons (Fsp3) is 0.615. The van der Waals surface area contributed by atoms with Gasteiger partial charge in [0, 0.05) is 30.4 Å². The molecule has 18 heteroatoms. The van der Waals surface area contributed by atoms with Crippen molar-refractivity contribution in [2.24, 2.45) is 5.92 Å². The highest BCUT2D eigenvalue weighted by atomic mass is 32.2. The molecule has 2 aromatic rings. The summed E-state index contributed by atoms with van der Waals surface area (Å²) in [4.78, 5) is 59.7. The number of carbonyl (C=O) groups excluding carboxylic acids is 4. The topological polar surface area (TPSA) is 188 Å². The van der Waals surface area contributed by atoms with Crippen molar-refractivity contribution < 1.29 is 28.7 Å². The van der Waals surface area contributed by atoms with E-state index >= 15 is 0 Å². The molecule has 1 unspecified atom stereocenters. The van der Waals surface area contributed by atoms with Crippen molar-refractivity contribution in [1.82, 2.24) is 40.3 Å². The first kappa shape index (κ1) is 32.2. The van der Waals surface area contributed by atoms with E-state index in [9.17, 15) is 19.2 Å². The number of β-lactam (4-membered cyclic amide) rings is 1. The van der Waals surface area contributed by atoms with E-state index in [4.69, 9.17) is 15.2 Å². The fourth-order valence-electron chi connectivity index (χ4n) is 5.11. The number of nitrogen functional groups attached to an aromatic ring is 1. The molecule has 5 rings (SSSR count). The minimum atomic E-state index is -1.14. The number of nitrogens with zero attached hydrogens (tertiary/aromatic N) is 7. The Bertz CT molecular complexity index is 1420. The molecule has 1 saturated carbocycles. The van der Waals surface area contributed by atoms with E-state index in [1.165, 1.54) is 46.7 Å². The number of esters is 2. The number of aromatic nitrogens is 5. The van der Waals surface area contributed by atoms with Crippen LogP contribution >= 0.6 is 34.9 Å². The third-order valence-corrected chi connectivity index (χ3v) is 10.5. The molecule has 2 fully saturated rings. The maximum atomic E-state index is 13.6. The summed E-state index contributed by atoms with van der Waals surface area (Å²) in [5.74, 6) is -1.46. The van der Waals surface area contributed by atoms with Gasteiger partial charge in [0.15, 0.2) is 5.13 Å². The molecule has 3 N–H and O–H groups in total. The number of thioether (sulfide) groups is 2. The average molecular weight is 666 g/mol. The van der Waals surface area contributed by atoms with Crippen LogP contribution in [0.15, 0.2) is 21.8 Å². The summed E-state index contributed by atoms with van der Waals surface area (Å²) in [5, 5.41) is 16.8. The number of anilines is 1. The Morgan fingerprint density at radius 1 is 1.25 bits per heavy atom. The van der Waals surface area contributed by atoms with E-state index in [1.54, 1.807) is 10.1 Å². The number of hydrogen-bond acceptors (Lipinski definition) is 15. The third kappa shape index (κ3) is 7.52. The highest BCUT2D eigenvalue weighted by Crippen LogP contribution is 2.42. The lowest BCUT2D eigenvalue weighted by atomic mass is 10.0. The number of fused-ring (bicyclic) bond motifs is 1. The van der Waals surface area contributed by atoms with Crippen LogP contribution in [0.3, 0.4) is 0 Å². The van der Waals surface area contributed by atoms with Crippen molar-refractivity contribution in [3.63, 3.8) is 0 Å². The first-order valence-corrected chi connectivity index (χ1v) is 17.1. The predicted octanol–water partition coefficient (Wildman–Crippen LogP) is 0.885. The monoisotopic (exact) mass is 665 g/mol. The molecular weight excluding hydrogens is 631 g/mol. The molecule has 1 saturated heterocycles. The number of nitrogens with two attached hydrogens (primary N) is 1. The normalized spacial score (nSPS) is 20.8. The highest BCUT2D eigenvalue weighted by molar-refractivity contribution is 8.01. The Hall–Kier alpha value is -3.22. The van der Waals surface area contributed by atoms with Gasteiger partial charge in [-0.3, -0.25) is 19.3 Å². The SMILES string of the molecule is CC(OC(=O)C1=C(CSc2nnnn2CCN(C)C)CS[C@H]2[C@@H](NC(=O)Cc3csc(N)n3)C(=O)N12)OC(=O)C1CCCC1. The second-order valence-electron chi connectivity index (χ2n) is 10.9. The van der Waals surface area contributed by atoms with Crippen molar-refractivity contribution in [3.05, 3.63) is 22.3 Å². The van der Waals surface area contributed by atoms with Crippen LogP contribution in [0.2, 0.25) is 0 Å². The maximum absolute atomic E-state index is 13.6. The Balaban J connectivity index is 1.30. The second kappa shape index (κ2) is 14.3. The standard InChI is InChI=1S/C26H35N9O6S3/c1-14(40-23(38)15-6-4-5-7-15)41-24(39)20-16(12-44-26-30-31-32-34(26)9-8-33(2)3)11-42-22-19(21(37)35(20)22)29-18(36)10-17-13-43-25(27)28-17/h13-15,19,22H,4-12H2,1-3H3,(H2,27,28)(H,29,36)/t14?,19-,22-/m0/s1. The summed E-state index contributed by atoms with van der Waals surface area (Å²) in [7, 11) is 3.91. The smallest absolute Gasteiger partial charge is 0.358 e. The van der Waals surface area contributed by atoms with E-state index in [0.29, 0.717) is 39.6 Å². The van der Waals surface area contributed by atoms with Crippen LogP contribution < -0.4 is 11.1 Å². The molecule has 2 amide bonds. The number of likely N-dealkylation sites (N-methyl/N-ethyl adjacent to an activating group) is 1. The number of rotatable bonds is 13. The Kier molecular flexibility index (Phi) is 10.4. The highest BCUT2D eigenvalue weighted by Gasteiger charge is 2.54. The van der Waals surface area contributed by atoms with Gasteiger partial charge in [0.1, 0.15) is 17.1 Å². The Labute approximate surface area is 266 Å². The first-order chi connectivity index (χ1) is 21.1. The van der Waals surface area contributed by atoms with E-state index in [2.05, 4.69) is 25.8 Å². The zero-order chi connectivity index (χ0) is 31.4. The largest absolute Gasteiger partial charge is 0.425 e. The van der Waals surface area contributed by atoms with Gasteiger partial charge in [-0.2, -0.15) is 0 Å². The van der Waals surface area contributed by atoms with Crippen LogP contribution in [0.5, 0.6) is 0 Å². The summed E-state index contributed by atoms with van der Waals surface area (Å²) in [6.07, 6.45) is 2.28. The summed E-state index contributed by atoms with van der Waals surface area (Å²) >= 11 is 4.01. The number of carbonyl (C=O) groups is 4. The van der Waals surface area contributed by atoms with Gasteiger partial charge in [0.25, 0.3) is 5.91 Å². The molecule has 238 valence electrons. The van der Waals surface area contributed by atoms with Crippen LogP contribution in [0.1, 0.15) is 38.3 Å². The molecule has 0 aromatic carbocycles. The van der Waals surface area contributed by atoms with Crippen LogP contribution in [0.4, 0.5) is 5.13 Å². The maximum Gasteiger partial charge on any atom is 0.358 e. The molecule has 44 heavy (non-hydrogen) atoms. The van der Waals surface area contributed by atoms with Gasteiger partial charge < -0.3 is 25.4 Å². The minimum Gasteiger partial charge on any atom is -0.425 e. The number of nitrogens with one attached hydrogen (secondary N) is 1. The fourth-order valence-corrected chi connectivity index (χ4v) is 8.07. The molecule has 0 spiro atoms. The van der Waals surface area contributed by atoms with Gasteiger partial charge in [-0.15, -0.1) is 28.2 Å². The molecule has 3 atom stereocenters. The van der Waals surface area contributed by atoms with Gasteiger partial charge in [-0.1, -0.05) is 24.6 Å². The average Bonchev–Trinajstić information content (AvgIpc) is 3.76.